The van der Waals surface area contributed by atoms with Crippen LogP contribution in [0.4, 0.5) is 5.69 Å². The van der Waals surface area contributed by atoms with Crippen LogP contribution in [0.5, 0.6) is 5.88 Å². The Morgan fingerprint density at radius 3 is 2.47 bits per heavy atom. The predicted molar refractivity (Wildman–Crippen MR) is 133 cm³/mol. The third kappa shape index (κ3) is 4.24. The van der Waals surface area contributed by atoms with Gasteiger partial charge in [0.15, 0.2) is 5.88 Å². The van der Waals surface area contributed by atoms with Crippen molar-refractivity contribution < 1.29 is 5.11 Å². The fourth-order valence-electron chi connectivity index (χ4n) is 3.39. The van der Waals surface area contributed by atoms with Gasteiger partial charge in [-0.25, -0.2) is 4.99 Å². The molecule has 0 amide bonds. The Kier molecular flexibility index (Phi) is 5.61. The fraction of sp³-hybridized carbons (Fsp3) is 0.125. The first kappa shape index (κ1) is 20.9. The number of nitrogens with two attached hydrogens (primary N) is 1. The summed E-state index contributed by atoms with van der Waals surface area (Å²) in [5.74, 6) is 0.0598. The summed E-state index contributed by atoms with van der Waals surface area (Å²) in [6.07, 6.45) is 0. The molecule has 1 aromatic heterocycles. The van der Waals surface area contributed by atoms with Crippen molar-refractivity contribution >= 4 is 56.5 Å². The lowest BCUT2D eigenvalue weighted by atomic mass is 9.95. The van der Waals surface area contributed by atoms with Crippen molar-refractivity contribution in [1.29, 1.82) is 0 Å². The van der Waals surface area contributed by atoms with Gasteiger partial charge in [0.2, 0.25) is 0 Å². The first-order valence-corrected chi connectivity index (χ1v) is 10.9. The first-order chi connectivity index (χ1) is 14.2. The molecule has 152 valence electrons. The highest BCUT2D eigenvalue weighted by molar-refractivity contribution is 14.1. The van der Waals surface area contributed by atoms with Gasteiger partial charge in [0.25, 0.3) is 0 Å². The van der Waals surface area contributed by atoms with Crippen molar-refractivity contribution in [2.24, 2.45) is 10.7 Å². The Morgan fingerprint density at radius 2 is 1.80 bits per heavy atom. The van der Waals surface area contributed by atoms with Crippen molar-refractivity contribution in [2.75, 3.05) is 0 Å². The molecule has 3 aromatic carbocycles. The van der Waals surface area contributed by atoms with Crippen LogP contribution in [0.1, 0.15) is 30.5 Å². The molecule has 0 unspecified atom stereocenters. The van der Waals surface area contributed by atoms with E-state index in [-0.39, 0.29) is 5.88 Å². The Balaban J connectivity index is 1.93. The molecular formula is C24H21ClIN3O. The topological polar surface area (TPSA) is 74.4 Å². The average molecular weight is 530 g/mol. The maximum atomic E-state index is 10.8. The Labute approximate surface area is 193 Å². The summed E-state index contributed by atoms with van der Waals surface area (Å²) >= 11 is 8.41. The minimum absolute atomic E-state index is 0.0598. The van der Waals surface area contributed by atoms with Crippen LogP contribution in [0.2, 0.25) is 5.02 Å². The Bertz CT molecular complexity index is 1250. The van der Waals surface area contributed by atoms with Crippen LogP contribution < -0.4 is 5.73 Å². The second-order valence-electron chi connectivity index (χ2n) is 7.78. The van der Waals surface area contributed by atoms with Crippen molar-refractivity contribution in [2.45, 2.75) is 19.4 Å². The van der Waals surface area contributed by atoms with Crippen LogP contribution in [-0.2, 0) is 5.54 Å². The van der Waals surface area contributed by atoms with Gasteiger partial charge in [-0.2, -0.15) is 0 Å². The molecule has 0 fully saturated rings. The number of nitrogens with zero attached hydrogens (tertiary/aromatic N) is 1. The lowest BCUT2D eigenvalue weighted by Crippen LogP contribution is -2.28. The van der Waals surface area contributed by atoms with Gasteiger partial charge in [-0.05, 0) is 78.4 Å². The van der Waals surface area contributed by atoms with E-state index in [4.69, 9.17) is 22.3 Å². The maximum absolute atomic E-state index is 10.8. The maximum Gasteiger partial charge on any atom is 0.199 e. The van der Waals surface area contributed by atoms with E-state index in [0.29, 0.717) is 16.3 Å². The molecule has 4 rings (SSSR count). The summed E-state index contributed by atoms with van der Waals surface area (Å²) in [4.78, 5) is 7.95. The molecule has 0 spiro atoms. The van der Waals surface area contributed by atoms with Gasteiger partial charge in [-0.15, -0.1) is 0 Å². The second-order valence-corrected chi connectivity index (χ2v) is 9.46. The van der Waals surface area contributed by atoms with E-state index in [9.17, 15) is 5.11 Å². The second kappa shape index (κ2) is 8.06. The molecule has 0 radical (unpaired) electrons. The van der Waals surface area contributed by atoms with Gasteiger partial charge in [0.1, 0.15) is 0 Å². The van der Waals surface area contributed by atoms with Gasteiger partial charge in [0.05, 0.1) is 22.5 Å². The molecular weight excluding hydrogens is 509 g/mol. The molecule has 4 N–H and O–H groups in total. The molecule has 6 heteroatoms. The highest BCUT2D eigenvalue weighted by Gasteiger charge is 2.19. The van der Waals surface area contributed by atoms with Crippen LogP contribution in [0.15, 0.2) is 71.7 Å². The number of fused-ring (bicyclic) bond motifs is 1. The number of aromatic amines is 1. The molecule has 4 nitrogen and oxygen atoms in total. The number of halogens is 2. The van der Waals surface area contributed by atoms with Crippen molar-refractivity contribution in [3.63, 3.8) is 0 Å². The average Bonchev–Trinajstić information content (AvgIpc) is 3.00. The van der Waals surface area contributed by atoms with E-state index in [2.05, 4.69) is 27.6 Å². The molecule has 0 aliphatic carbocycles. The third-order valence-electron chi connectivity index (χ3n) is 4.93. The Hall–Kier alpha value is -2.35. The zero-order valence-electron chi connectivity index (χ0n) is 16.6. The SMILES string of the molecule is CC(C)(N)c1ccc(N=C(c2cccc(I)c2)c2c(O)[nH]c3cc(Cl)ccc23)cc1. The summed E-state index contributed by atoms with van der Waals surface area (Å²) in [6.45, 7) is 3.94. The van der Waals surface area contributed by atoms with Crippen LogP contribution in [-0.4, -0.2) is 15.8 Å². The summed E-state index contributed by atoms with van der Waals surface area (Å²) < 4.78 is 1.08. The number of aromatic hydroxyl groups is 1. The summed E-state index contributed by atoms with van der Waals surface area (Å²) in [6, 6.07) is 21.4. The van der Waals surface area contributed by atoms with Crippen LogP contribution in [0, 0.1) is 3.57 Å². The number of hydrogen-bond donors (Lipinski definition) is 3. The molecule has 0 aliphatic rings. The van der Waals surface area contributed by atoms with E-state index in [1.165, 1.54) is 0 Å². The molecule has 30 heavy (non-hydrogen) atoms. The molecule has 0 saturated heterocycles. The van der Waals surface area contributed by atoms with Gasteiger partial charge in [-0.3, -0.25) is 0 Å². The molecule has 0 aliphatic heterocycles. The molecule has 1 heterocycles. The van der Waals surface area contributed by atoms with Gasteiger partial charge in [-0.1, -0.05) is 41.9 Å². The normalized spacial score (nSPS) is 12.5. The standard InChI is InChI=1S/C24H21ClIN3O/c1-24(2,27)15-6-9-18(10-7-15)28-22(14-4-3-5-17(26)12-14)21-19-11-8-16(25)13-20(19)29-23(21)30/h3-13,29-30H,27H2,1-2H3. The quantitative estimate of drug-likeness (QED) is 0.209. The lowest BCUT2D eigenvalue weighted by Gasteiger charge is -2.19. The predicted octanol–water partition coefficient (Wildman–Crippen LogP) is 6.49. The van der Waals surface area contributed by atoms with Crippen molar-refractivity contribution in [3.05, 3.63) is 92.0 Å². The third-order valence-corrected chi connectivity index (χ3v) is 5.83. The van der Waals surface area contributed by atoms with Crippen LogP contribution >= 0.6 is 34.2 Å². The van der Waals surface area contributed by atoms with E-state index in [1.54, 1.807) is 6.07 Å². The van der Waals surface area contributed by atoms with E-state index < -0.39 is 5.54 Å². The largest absolute Gasteiger partial charge is 0.494 e. The monoisotopic (exact) mass is 529 g/mol. The summed E-state index contributed by atoms with van der Waals surface area (Å²) in [5, 5.41) is 12.2. The minimum Gasteiger partial charge on any atom is -0.494 e. The summed E-state index contributed by atoms with van der Waals surface area (Å²) in [5.41, 5.74) is 10.6. The van der Waals surface area contributed by atoms with Crippen LogP contribution in [0.25, 0.3) is 10.9 Å². The number of rotatable bonds is 4. The number of nitrogens with one attached hydrogen (secondary N) is 1. The molecule has 0 atom stereocenters. The molecule has 0 bridgehead atoms. The lowest BCUT2D eigenvalue weighted by molar-refractivity contribution is 0.457. The van der Waals surface area contributed by atoms with Gasteiger partial charge in [0, 0.05) is 25.1 Å². The zero-order chi connectivity index (χ0) is 21.5. The van der Waals surface area contributed by atoms with Gasteiger partial charge < -0.3 is 15.8 Å². The van der Waals surface area contributed by atoms with Gasteiger partial charge >= 0.3 is 0 Å². The van der Waals surface area contributed by atoms with E-state index in [0.717, 1.165) is 31.3 Å². The zero-order valence-corrected chi connectivity index (χ0v) is 19.5. The van der Waals surface area contributed by atoms with Crippen molar-refractivity contribution in [1.82, 2.24) is 4.98 Å². The minimum atomic E-state index is -0.422. The van der Waals surface area contributed by atoms with E-state index >= 15 is 0 Å². The van der Waals surface area contributed by atoms with Crippen LogP contribution in [0.3, 0.4) is 0 Å². The van der Waals surface area contributed by atoms with Crippen molar-refractivity contribution in [3.8, 4) is 5.88 Å². The highest BCUT2D eigenvalue weighted by Crippen LogP contribution is 2.33. The first-order valence-electron chi connectivity index (χ1n) is 9.47. The number of H-pyrrole nitrogens is 1. The van der Waals surface area contributed by atoms with E-state index in [1.807, 2.05) is 74.5 Å². The smallest absolute Gasteiger partial charge is 0.199 e. The fourth-order valence-corrected chi connectivity index (χ4v) is 4.11. The number of benzene rings is 3. The Morgan fingerprint density at radius 1 is 1.07 bits per heavy atom. The summed E-state index contributed by atoms with van der Waals surface area (Å²) in [7, 11) is 0. The number of aliphatic imine (C=N–C) groups is 1. The number of hydrogen-bond acceptors (Lipinski definition) is 3. The highest BCUT2D eigenvalue weighted by atomic mass is 127. The number of aromatic nitrogens is 1. The molecule has 4 aromatic rings. The molecule has 0 saturated carbocycles.